The summed E-state index contributed by atoms with van der Waals surface area (Å²) in [7, 11) is 2.70. The van der Waals surface area contributed by atoms with Gasteiger partial charge in [-0.3, -0.25) is 0 Å². The van der Waals surface area contributed by atoms with E-state index in [0.29, 0.717) is 11.4 Å². The molecule has 0 fully saturated rings. The van der Waals surface area contributed by atoms with E-state index in [1.165, 1.54) is 0 Å². The number of rotatable bonds is 7. The van der Waals surface area contributed by atoms with Gasteiger partial charge in [0.1, 0.15) is 0 Å². The Morgan fingerprint density at radius 2 is 1.55 bits per heavy atom. The molecule has 1 aromatic rings. The van der Waals surface area contributed by atoms with Gasteiger partial charge in [-0.2, -0.15) is 0 Å². The van der Waals surface area contributed by atoms with E-state index in [0.717, 1.165) is 25.7 Å². The third-order valence-electron chi connectivity index (χ3n) is 2.38. The number of nitrogens with zero attached hydrogens (tertiary/aromatic N) is 1. The highest BCUT2D eigenvalue weighted by molar-refractivity contribution is 7.89. The smallest absolute Gasteiger partial charge is 0.240 e. The first-order valence-corrected chi connectivity index (χ1v) is 8.54. The van der Waals surface area contributed by atoms with Gasteiger partial charge in [0.15, 0.2) is 0 Å². The highest BCUT2D eigenvalue weighted by Gasteiger charge is 2.11. The summed E-state index contributed by atoms with van der Waals surface area (Å²) in [6.07, 6.45) is 4.30. The van der Waals surface area contributed by atoms with Gasteiger partial charge in [-0.05, 0) is 39.7 Å². The molecule has 0 saturated heterocycles. The zero-order valence-electron chi connectivity index (χ0n) is 13.1. The molecule has 0 aliphatic rings. The summed E-state index contributed by atoms with van der Waals surface area (Å²) in [5, 5.41) is 0. The maximum Gasteiger partial charge on any atom is 0.240 e. The highest BCUT2D eigenvalue weighted by Crippen LogP contribution is 2.07. The minimum Gasteiger partial charge on any atom is -0.312 e. The minimum atomic E-state index is -3.30. The number of hydrogen-bond donors (Lipinski definition) is 1. The maximum absolute atomic E-state index is 11.8. The van der Waals surface area contributed by atoms with Crippen molar-refractivity contribution in [2.45, 2.75) is 37.5 Å². The first-order chi connectivity index (χ1) is 9.40. The second-order valence-electron chi connectivity index (χ2n) is 5.11. The highest BCUT2D eigenvalue weighted by atomic mass is 32.2. The minimum absolute atomic E-state index is 0.338. The summed E-state index contributed by atoms with van der Waals surface area (Å²) in [5.41, 5.74) is 0. The van der Waals surface area contributed by atoms with E-state index in [-0.39, 0.29) is 0 Å². The monoisotopic (exact) mass is 300 g/mol. The van der Waals surface area contributed by atoms with Crippen LogP contribution in [0.2, 0.25) is 0 Å². The van der Waals surface area contributed by atoms with Crippen LogP contribution in [-0.4, -0.2) is 41.0 Å². The lowest BCUT2D eigenvalue weighted by Gasteiger charge is -2.05. The fraction of sp³-hybridized carbons (Fsp3) is 0.600. The van der Waals surface area contributed by atoms with Gasteiger partial charge in [0.2, 0.25) is 10.0 Å². The van der Waals surface area contributed by atoms with Crippen molar-refractivity contribution in [1.82, 2.24) is 9.62 Å². The first kappa shape index (κ1) is 19.1. The number of sulfonamides is 1. The van der Waals surface area contributed by atoms with Crippen molar-refractivity contribution in [2.24, 2.45) is 0 Å². The average Bonchev–Trinajstić information content (AvgIpc) is 2.39. The van der Waals surface area contributed by atoms with E-state index < -0.39 is 10.0 Å². The predicted molar refractivity (Wildman–Crippen MR) is 85.4 cm³/mol. The van der Waals surface area contributed by atoms with Crippen molar-refractivity contribution < 1.29 is 8.42 Å². The molecule has 0 aromatic heterocycles. The predicted octanol–water partition coefficient (Wildman–Crippen LogP) is 2.72. The molecule has 0 unspecified atom stereocenters. The zero-order valence-corrected chi connectivity index (χ0v) is 13.9. The van der Waals surface area contributed by atoms with E-state index in [4.69, 9.17) is 0 Å². The number of unbranched alkanes of at least 4 members (excludes halogenated alkanes) is 3. The molecule has 0 aliphatic heterocycles. The topological polar surface area (TPSA) is 49.4 Å². The molecule has 0 aliphatic carbocycles. The van der Waals surface area contributed by atoms with Crippen LogP contribution in [0.15, 0.2) is 35.2 Å². The Labute approximate surface area is 124 Å². The summed E-state index contributed by atoms with van der Waals surface area (Å²) < 4.78 is 26.1. The van der Waals surface area contributed by atoms with E-state index >= 15 is 0 Å². The second-order valence-corrected chi connectivity index (χ2v) is 6.88. The third kappa shape index (κ3) is 9.95. The van der Waals surface area contributed by atoms with Crippen LogP contribution in [0.25, 0.3) is 0 Å². The number of nitrogens with one attached hydrogen (secondary N) is 1. The molecule has 4 nitrogen and oxygen atoms in total. The van der Waals surface area contributed by atoms with Gasteiger partial charge in [0.25, 0.3) is 0 Å². The van der Waals surface area contributed by atoms with E-state index in [9.17, 15) is 8.42 Å². The number of hydrogen-bond acceptors (Lipinski definition) is 3. The normalized spacial score (nSPS) is 11.1. The molecular formula is C15H28N2O2S. The Kier molecular flexibility index (Phi) is 10.3. The van der Waals surface area contributed by atoms with Gasteiger partial charge in [0, 0.05) is 6.54 Å². The molecule has 116 valence electrons. The summed E-state index contributed by atoms with van der Waals surface area (Å²) >= 11 is 0. The average molecular weight is 300 g/mol. The van der Waals surface area contributed by atoms with Crippen molar-refractivity contribution in [2.75, 3.05) is 27.7 Å². The molecule has 0 atom stereocenters. The summed E-state index contributed by atoms with van der Waals surface area (Å²) in [6.45, 7) is 2.66. The van der Waals surface area contributed by atoms with Crippen molar-refractivity contribution in [1.29, 1.82) is 0 Å². The standard InChI is InChI=1S/C12H19NO2S.C3H9N/c1-2-3-4-8-11-13-16(14,15)12-9-6-5-7-10-12;1-4(2)3/h5-7,9-10,13H,2-4,8,11H2,1H3;1-3H3. The lowest BCUT2D eigenvalue weighted by molar-refractivity contribution is 0.505. The summed E-state index contributed by atoms with van der Waals surface area (Å²) in [5.74, 6) is 0. The van der Waals surface area contributed by atoms with Crippen LogP contribution < -0.4 is 4.72 Å². The third-order valence-corrected chi connectivity index (χ3v) is 3.85. The van der Waals surface area contributed by atoms with E-state index in [1.807, 2.05) is 26.0 Å². The van der Waals surface area contributed by atoms with Crippen molar-refractivity contribution in [3.8, 4) is 0 Å². The van der Waals surface area contributed by atoms with Gasteiger partial charge in [-0.15, -0.1) is 0 Å². The molecule has 5 heteroatoms. The van der Waals surface area contributed by atoms with Crippen molar-refractivity contribution >= 4 is 10.0 Å². The quantitative estimate of drug-likeness (QED) is 0.788. The molecule has 0 radical (unpaired) electrons. The Balaban J connectivity index is 0.000000796. The van der Waals surface area contributed by atoms with Gasteiger partial charge < -0.3 is 4.90 Å². The lowest BCUT2D eigenvalue weighted by Crippen LogP contribution is -2.24. The number of benzene rings is 1. The van der Waals surface area contributed by atoms with E-state index in [1.54, 1.807) is 30.3 Å². The van der Waals surface area contributed by atoms with Crippen LogP contribution >= 0.6 is 0 Å². The van der Waals surface area contributed by atoms with Gasteiger partial charge in [-0.1, -0.05) is 44.4 Å². The van der Waals surface area contributed by atoms with Crippen LogP contribution in [-0.2, 0) is 10.0 Å². The molecule has 0 heterocycles. The molecule has 1 aromatic carbocycles. The molecule has 20 heavy (non-hydrogen) atoms. The molecule has 1 N–H and O–H groups in total. The Bertz CT molecular complexity index is 428. The van der Waals surface area contributed by atoms with Crippen molar-refractivity contribution in [3.05, 3.63) is 30.3 Å². The molecular weight excluding hydrogens is 272 g/mol. The summed E-state index contributed by atoms with van der Waals surface area (Å²) in [4.78, 5) is 2.34. The second kappa shape index (κ2) is 10.8. The fourth-order valence-electron chi connectivity index (χ4n) is 1.44. The van der Waals surface area contributed by atoms with Crippen LogP contribution in [0.4, 0.5) is 0 Å². The Morgan fingerprint density at radius 1 is 1.00 bits per heavy atom. The van der Waals surface area contributed by atoms with Gasteiger partial charge in [0.05, 0.1) is 4.90 Å². The molecule has 0 amide bonds. The fourth-order valence-corrected chi connectivity index (χ4v) is 2.54. The van der Waals surface area contributed by atoms with Crippen LogP contribution in [0.5, 0.6) is 0 Å². The van der Waals surface area contributed by atoms with Crippen molar-refractivity contribution in [3.63, 3.8) is 0 Å². The van der Waals surface area contributed by atoms with E-state index in [2.05, 4.69) is 11.6 Å². The Hall–Kier alpha value is -0.910. The maximum atomic E-state index is 11.8. The first-order valence-electron chi connectivity index (χ1n) is 7.05. The largest absolute Gasteiger partial charge is 0.312 e. The van der Waals surface area contributed by atoms with Crippen LogP contribution in [0.3, 0.4) is 0 Å². The molecule has 0 bridgehead atoms. The van der Waals surface area contributed by atoms with Gasteiger partial charge in [-0.25, -0.2) is 13.1 Å². The summed E-state index contributed by atoms with van der Waals surface area (Å²) in [6, 6.07) is 8.47. The molecule has 1 rings (SSSR count). The molecule has 0 spiro atoms. The molecule has 0 saturated carbocycles. The van der Waals surface area contributed by atoms with Crippen LogP contribution in [0.1, 0.15) is 32.6 Å². The Morgan fingerprint density at radius 3 is 2.05 bits per heavy atom. The SMILES string of the molecule is CCCCCCNS(=O)(=O)c1ccccc1.CN(C)C. The van der Waals surface area contributed by atoms with Crippen LogP contribution in [0, 0.1) is 0 Å². The van der Waals surface area contributed by atoms with Gasteiger partial charge >= 0.3 is 0 Å². The zero-order chi connectivity index (χ0) is 15.4. The lowest BCUT2D eigenvalue weighted by atomic mass is 10.2.